The Bertz CT molecular complexity index is 274. The highest BCUT2D eigenvalue weighted by Crippen LogP contribution is 2.01. The SMILES string of the molecule is CC(C)=CC=Cc1ccccc1. The van der Waals surface area contributed by atoms with Gasteiger partial charge < -0.3 is 0 Å². The van der Waals surface area contributed by atoms with Gasteiger partial charge in [0.05, 0.1) is 0 Å². The minimum absolute atomic E-state index is 1.25. The van der Waals surface area contributed by atoms with Crippen molar-refractivity contribution in [1.29, 1.82) is 0 Å². The van der Waals surface area contributed by atoms with Gasteiger partial charge in [0.2, 0.25) is 0 Å². The van der Waals surface area contributed by atoms with Crippen LogP contribution in [0.4, 0.5) is 0 Å². The lowest BCUT2D eigenvalue weighted by atomic mass is 10.2. The molecule has 0 aromatic heterocycles. The largest absolute Gasteiger partial charge is 0.0764 e. The molecule has 1 aromatic rings. The minimum atomic E-state index is 1.25. The first-order valence-corrected chi connectivity index (χ1v) is 4.15. The topological polar surface area (TPSA) is 0 Å². The van der Waals surface area contributed by atoms with Crippen molar-refractivity contribution in [2.24, 2.45) is 0 Å². The van der Waals surface area contributed by atoms with Crippen LogP contribution in [0.25, 0.3) is 6.08 Å². The van der Waals surface area contributed by atoms with Crippen molar-refractivity contribution >= 4 is 6.08 Å². The van der Waals surface area contributed by atoms with Crippen LogP contribution in [0.1, 0.15) is 19.4 Å². The average Bonchev–Trinajstić information content (AvgIpc) is 2.05. The molecule has 0 spiro atoms. The Hall–Kier alpha value is -1.30. The summed E-state index contributed by atoms with van der Waals surface area (Å²) in [5.41, 5.74) is 2.57. The summed E-state index contributed by atoms with van der Waals surface area (Å²) in [5, 5.41) is 0. The summed E-state index contributed by atoms with van der Waals surface area (Å²) in [6, 6.07) is 10.3. The van der Waals surface area contributed by atoms with Gasteiger partial charge in [0, 0.05) is 0 Å². The van der Waals surface area contributed by atoms with Crippen LogP contribution in [-0.4, -0.2) is 0 Å². The number of hydrogen-bond donors (Lipinski definition) is 0. The van der Waals surface area contributed by atoms with Gasteiger partial charge in [-0.05, 0) is 19.4 Å². The average molecular weight is 158 g/mol. The van der Waals surface area contributed by atoms with E-state index >= 15 is 0 Å². The number of hydrogen-bond acceptors (Lipinski definition) is 0. The quantitative estimate of drug-likeness (QED) is 0.576. The Morgan fingerprint density at radius 2 is 1.75 bits per heavy atom. The zero-order valence-corrected chi connectivity index (χ0v) is 7.62. The molecule has 0 aliphatic rings. The van der Waals surface area contributed by atoms with Crippen LogP contribution < -0.4 is 0 Å². The maximum absolute atomic E-state index is 2.10. The van der Waals surface area contributed by atoms with Gasteiger partial charge in [0.15, 0.2) is 0 Å². The molecular weight excluding hydrogens is 144 g/mol. The van der Waals surface area contributed by atoms with E-state index in [9.17, 15) is 0 Å². The van der Waals surface area contributed by atoms with Gasteiger partial charge in [-0.1, -0.05) is 54.1 Å². The molecule has 0 radical (unpaired) electrons. The van der Waals surface area contributed by atoms with Crippen molar-refractivity contribution in [2.75, 3.05) is 0 Å². The Balaban J connectivity index is 2.64. The number of benzene rings is 1. The molecule has 0 nitrogen and oxygen atoms in total. The second kappa shape index (κ2) is 4.55. The predicted molar refractivity (Wildman–Crippen MR) is 54.9 cm³/mol. The van der Waals surface area contributed by atoms with Crippen molar-refractivity contribution in [3.05, 3.63) is 53.6 Å². The van der Waals surface area contributed by atoms with Gasteiger partial charge in [0.1, 0.15) is 0 Å². The standard InChI is InChI=1S/C12H14/c1-11(2)7-6-10-12-8-4-3-5-9-12/h3-10H,1-2H3. The first-order chi connectivity index (χ1) is 5.79. The molecule has 0 N–H and O–H groups in total. The molecule has 62 valence electrons. The number of rotatable bonds is 2. The fourth-order valence-electron chi connectivity index (χ4n) is 0.916. The van der Waals surface area contributed by atoms with Crippen molar-refractivity contribution in [1.82, 2.24) is 0 Å². The van der Waals surface area contributed by atoms with Gasteiger partial charge in [-0.3, -0.25) is 0 Å². The molecule has 0 unspecified atom stereocenters. The van der Waals surface area contributed by atoms with Gasteiger partial charge in [-0.25, -0.2) is 0 Å². The third-order valence-electron chi connectivity index (χ3n) is 1.52. The molecule has 1 aromatic carbocycles. The molecule has 0 heterocycles. The molecule has 0 aliphatic carbocycles. The number of allylic oxidation sites excluding steroid dienone is 3. The van der Waals surface area contributed by atoms with Gasteiger partial charge in [0.25, 0.3) is 0 Å². The van der Waals surface area contributed by atoms with E-state index < -0.39 is 0 Å². The molecule has 0 atom stereocenters. The van der Waals surface area contributed by atoms with Gasteiger partial charge >= 0.3 is 0 Å². The molecular formula is C12H14. The lowest BCUT2D eigenvalue weighted by molar-refractivity contribution is 1.40. The fourth-order valence-corrected chi connectivity index (χ4v) is 0.916. The lowest BCUT2D eigenvalue weighted by Gasteiger charge is -1.89. The van der Waals surface area contributed by atoms with E-state index in [2.05, 4.69) is 44.2 Å². The van der Waals surface area contributed by atoms with E-state index in [1.165, 1.54) is 11.1 Å². The summed E-state index contributed by atoms with van der Waals surface area (Å²) < 4.78 is 0. The van der Waals surface area contributed by atoms with E-state index in [1.807, 2.05) is 18.2 Å². The van der Waals surface area contributed by atoms with Crippen LogP contribution >= 0.6 is 0 Å². The first kappa shape index (κ1) is 8.79. The third-order valence-corrected chi connectivity index (χ3v) is 1.52. The summed E-state index contributed by atoms with van der Waals surface area (Å²) in [7, 11) is 0. The predicted octanol–water partition coefficient (Wildman–Crippen LogP) is 3.67. The zero-order chi connectivity index (χ0) is 8.81. The van der Waals surface area contributed by atoms with Crippen LogP contribution in [0.3, 0.4) is 0 Å². The Morgan fingerprint density at radius 1 is 1.08 bits per heavy atom. The second-order valence-corrected chi connectivity index (χ2v) is 3.01. The summed E-state index contributed by atoms with van der Waals surface area (Å²) >= 11 is 0. The third kappa shape index (κ3) is 3.20. The molecule has 0 heteroatoms. The summed E-state index contributed by atoms with van der Waals surface area (Å²) in [6.45, 7) is 4.19. The minimum Gasteiger partial charge on any atom is -0.0764 e. The maximum Gasteiger partial charge on any atom is -0.0257 e. The molecule has 0 saturated carbocycles. The van der Waals surface area contributed by atoms with E-state index in [0.29, 0.717) is 0 Å². The molecule has 0 saturated heterocycles. The molecule has 0 aliphatic heterocycles. The maximum atomic E-state index is 2.10. The van der Waals surface area contributed by atoms with Crippen LogP contribution in [0, 0.1) is 0 Å². The smallest absolute Gasteiger partial charge is 0.0257 e. The van der Waals surface area contributed by atoms with Crippen molar-refractivity contribution in [3.8, 4) is 0 Å². The second-order valence-electron chi connectivity index (χ2n) is 3.01. The zero-order valence-electron chi connectivity index (χ0n) is 7.62. The lowest BCUT2D eigenvalue weighted by Crippen LogP contribution is -1.67. The summed E-state index contributed by atoms with van der Waals surface area (Å²) in [6.07, 6.45) is 6.28. The molecule has 0 fully saturated rings. The van der Waals surface area contributed by atoms with Crippen LogP contribution in [-0.2, 0) is 0 Å². The summed E-state index contributed by atoms with van der Waals surface area (Å²) in [4.78, 5) is 0. The highest BCUT2D eigenvalue weighted by atomic mass is 13.9. The van der Waals surface area contributed by atoms with Crippen molar-refractivity contribution in [3.63, 3.8) is 0 Å². The Labute approximate surface area is 74.2 Å². The van der Waals surface area contributed by atoms with E-state index in [-0.39, 0.29) is 0 Å². The molecule has 0 bridgehead atoms. The van der Waals surface area contributed by atoms with Crippen LogP contribution in [0.5, 0.6) is 0 Å². The Morgan fingerprint density at radius 3 is 2.33 bits per heavy atom. The fraction of sp³-hybridized carbons (Fsp3) is 0.167. The van der Waals surface area contributed by atoms with Gasteiger partial charge in [-0.2, -0.15) is 0 Å². The van der Waals surface area contributed by atoms with Crippen molar-refractivity contribution < 1.29 is 0 Å². The molecule has 0 amide bonds. The Kier molecular flexibility index (Phi) is 3.34. The van der Waals surface area contributed by atoms with Gasteiger partial charge in [-0.15, -0.1) is 0 Å². The van der Waals surface area contributed by atoms with Crippen LogP contribution in [0.15, 0.2) is 48.1 Å². The van der Waals surface area contributed by atoms with Crippen molar-refractivity contribution in [2.45, 2.75) is 13.8 Å². The van der Waals surface area contributed by atoms with Crippen LogP contribution in [0.2, 0.25) is 0 Å². The molecule has 1 rings (SSSR count). The van der Waals surface area contributed by atoms with E-state index in [1.54, 1.807) is 0 Å². The normalized spacial score (nSPS) is 10.2. The summed E-state index contributed by atoms with van der Waals surface area (Å²) in [5.74, 6) is 0. The highest BCUT2D eigenvalue weighted by Gasteiger charge is 1.79. The van der Waals surface area contributed by atoms with E-state index in [4.69, 9.17) is 0 Å². The highest BCUT2D eigenvalue weighted by molar-refractivity contribution is 5.50. The molecule has 12 heavy (non-hydrogen) atoms. The first-order valence-electron chi connectivity index (χ1n) is 4.15. The monoisotopic (exact) mass is 158 g/mol. The van der Waals surface area contributed by atoms with E-state index in [0.717, 1.165) is 0 Å².